The number of aliphatic imine (C=N–C) groups is 1. The molecular formula is C26H34N6O. The second-order valence-corrected chi connectivity index (χ2v) is 8.47. The Hall–Kier alpha value is -3.53. The molecule has 0 saturated carbocycles. The molecule has 2 N–H and O–H groups in total. The van der Waals surface area contributed by atoms with Gasteiger partial charge in [0, 0.05) is 51.9 Å². The summed E-state index contributed by atoms with van der Waals surface area (Å²) in [5, 5.41) is 16.4. The minimum Gasteiger partial charge on any atom is -0.368 e. The lowest BCUT2D eigenvalue weighted by molar-refractivity contribution is 0.0827. The maximum Gasteiger partial charge on any atom is 0.253 e. The molecule has 0 bridgehead atoms. The largest absolute Gasteiger partial charge is 0.368 e. The smallest absolute Gasteiger partial charge is 0.253 e. The summed E-state index contributed by atoms with van der Waals surface area (Å²) in [6.45, 7) is 5.25. The topological polar surface area (TPSA) is 83.8 Å². The van der Waals surface area contributed by atoms with E-state index in [0.717, 1.165) is 56.1 Å². The third-order valence-corrected chi connectivity index (χ3v) is 5.72. The van der Waals surface area contributed by atoms with Crippen LogP contribution in [0.4, 0.5) is 5.69 Å². The number of rotatable bonds is 7. The molecule has 1 unspecified atom stereocenters. The Balaban J connectivity index is 1.61. The Morgan fingerprint density at radius 2 is 2.06 bits per heavy atom. The van der Waals surface area contributed by atoms with Crippen molar-refractivity contribution in [2.24, 2.45) is 4.99 Å². The van der Waals surface area contributed by atoms with Gasteiger partial charge in [0.1, 0.15) is 6.07 Å². The minimum absolute atomic E-state index is 0.00943. The molecule has 1 saturated heterocycles. The zero-order valence-electron chi connectivity index (χ0n) is 19.8. The third kappa shape index (κ3) is 6.72. The Morgan fingerprint density at radius 3 is 2.82 bits per heavy atom. The van der Waals surface area contributed by atoms with Crippen molar-refractivity contribution >= 4 is 17.6 Å². The standard InChI is InChI=1S/C26H34N6O/c1-4-28-26(29-15-14-20-9-7-11-21(17-20)25(33)31(2)3)30-23-12-8-16-32(19-23)24-13-6-5-10-22(24)18-27/h5-7,9-11,13,17,23H,4,8,12,14-16,19H2,1-3H3,(H2,28,29,30). The number of nitriles is 1. The molecule has 0 spiro atoms. The number of nitrogens with one attached hydrogen (secondary N) is 2. The summed E-state index contributed by atoms with van der Waals surface area (Å²) >= 11 is 0. The van der Waals surface area contributed by atoms with Crippen LogP contribution in [-0.2, 0) is 6.42 Å². The highest BCUT2D eigenvalue weighted by molar-refractivity contribution is 5.94. The first-order chi connectivity index (χ1) is 16.0. The van der Waals surface area contributed by atoms with Crippen molar-refractivity contribution in [1.82, 2.24) is 15.5 Å². The Bertz CT molecular complexity index is 1010. The van der Waals surface area contributed by atoms with Gasteiger partial charge < -0.3 is 20.4 Å². The van der Waals surface area contributed by atoms with E-state index >= 15 is 0 Å². The van der Waals surface area contributed by atoms with Crippen molar-refractivity contribution in [3.05, 3.63) is 65.2 Å². The minimum atomic E-state index is 0.00943. The van der Waals surface area contributed by atoms with Gasteiger partial charge in [0.15, 0.2) is 5.96 Å². The first-order valence-electron chi connectivity index (χ1n) is 11.6. The number of carbonyl (C=O) groups is 1. The van der Waals surface area contributed by atoms with E-state index in [2.05, 4.69) is 28.5 Å². The fourth-order valence-corrected chi connectivity index (χ4v) is 4.09. The third-order valence-electron chi connectivity index (χ3n) is 5.72. The first kappa shape index (κ1) is 24.1. The number of nitrogens with zero attached hydrogens (tertiary/aromatic N) is 4. The maximum atomic E-state index is 12.2. The molecule has 1 aliphatic rings. The van der Waals surface area contributed by atoms with Gasteiger partial charge in [-0.25, -0.2) is 0 Å². The molecule has 1 heterocycles. The van der Waals surface area contributed by atoms with Crippen LogP contribution in [0.5, 0.6) is 0 Å². The molecule has 0 radical (unpaired) electrons. The molecule has 1 fully saturated rings. The highest BCUT2D eigenvalue weighted by Gasteiger charge is 2.22. The monoisotopic (exact) mass is 446 g/mol. The highest BCUT2D eigenvalue weighted by Crippen LogP contribution is 2.23. The van der Waals surface area contributed by atoms with E-state index in [1.807, 2.05) is 48.5 Å². The molecule has 0 aliphatic carbocycles. The highest BCUT2D eigenvalue weighted by atomic mass is 16.2. The summed E-state index contributed by atoms with van der Waals surface area (Å²) in [5.74, 6) is 0.814. The first-order valence-corrected chi connectivity index (χ1v) is 11.6. The van der Waals surface area contributed by atoms with Gasteiger partial charge in [0.25, 0.3) is 5.91 Å². The fraction of sp³-hybridized carbons (Fsp3) is 0.423. The van der Waals surface area contributed by atoms with Crippen LogP contribution in [0.25, 0.3) is 0 Å². The summed E-state index contributed by atoms with van der Waals surface area (Å²) < 4.78 is 0. The van der Waals surface area contributed by atoms with E-state index in [4.69, 9.17) is 4.99 Å². The molecule has 1 amide bonds. The summed E-state index contributed by atoms with van der Waals surface area (Å²) in [4.78, 5) is 20.9. The van der Waals surface area contributed by atoms with Crippen LogP contribution < -0.4 is 15.5 Å². The summed E-state index contributed by atoms with van der Waals surface area (Å²) in [5.41, 5.74) is 3.51. The Labute approximate surface area is 197 Å². The van der Waals surface area contributed by atoms with E-state index in [-0.39, 0.29) is 11.9 Å². The van der Waals surface area contributed by atoms with Gasteiger partial charge in [0.2, 0.25) is 0 Å². The van der Waals surface area contributed by atoms with E-state index < -0.39 is 0 Å². The maximum absolute atomic E-state index is 12.2. The number of hydrogen-bond acceptors (Lipinski definition) is 4. The normalized spacial score (nSPS) is 16.1. The summed E-state index contributed by atoms with van der Waals surface area (Å²) in [7, 11) is 3.53. The predicted octanol–water partition coefficient (Wildman–Crippen LogP) is 3.03. The Kier molecular flexibility index (Phi) is 8.71. The second kappa shape index (κ2) is 11.9. The molecule has 7 heteroatoms. The van der Waals surface area contributed by atoms with Gasteiger partial charge in [-0.15, -0.1) is 0 Å². The number of piperidine rings is 1. The second-order valence-electron chi connectivity index (χ2n) is 8.47. The number of benzene rings is 2. The van der Waals surface area contributed by atoms with Crippen molar-refractivity contribution in [2.75, 3.05) is 45.2 Å². The van der Waals surface area contributed by atoms with Crippen LogP contribution in [0, 0.1) is 11.3 Å². The zero-order valence-corrected chi connectivity index (χ0v) is 19.8. The van der Waals surface area contributed by atoms with E-state index in [9.17, 15) is 10.1 Å². The van der Waals surface area contributed by atoms with E-state index in [1.54, 1.807) is 19.0 Å². The number of guanidine groups is 1. The average Bonchev–Trinajstić information content (AvgIpc) is 2.84. The number of para-hydroxylation sites is 1. The van der Waals surface area contributed by atoms with Gasteiger partial charge in [-0.2, -0.15) is 5.26 Å². The molecule has 7 nitrogen and oxygen atoms in total. The van der Waals surface area contributed by atoms with Gasteiger partial charge in [-0.1, -0.05) is 24.3 Å². The van der Waals surface area contributed by atoms with Gasteiger partial charge >= 0.3 is 0 Å². The van der Waals surface area contributed by atoms with Gasteiger partial charge in [-0.3, -0.25) is 9.79 Å². The number of amides is 1. The van der Waals surface area contributed by atoms with Gasteiger partial charge in [-0.05, 0) is 56.0 Å². The van der Waals surface area contributed by atoms with Crippen molar-refractivity contribution in [3.8, 4) is 6.07 Å². The quantitative estimate of drug-likeness (QED) is 0.505. The van der Waals surface area contributed by atoms with Crippen molar-refractivity contribution in [2.45, 2.75) is 32.2 Å². The molecule has 0 aromatic heterocycles. The lowest BCUT2D eigenvalue weighted by Gasteiger charge is -2.35. The van der Waals surface area contributed by atoms with Crippen LogP contribution >= 0.6 is 0 Å². The fourth-order valence-electron chi connectivity index (χ4n) is 4.09. The van der Waals surface area contributed by atoms with Crippen LogP contribution in [-0.4, -0.2) is 63.1 Å². The molecule has 2 aromatic carbocycles. The molecule has 3 rings (SSSR count). The lowest BCUT2D eigenvalue weighted by atomic mass is 10.0. The summed E-state index contributed by atoms with van der Waals surface area (Å²) in [6.07, 6.45) is 2.88. The number of carbonyl (C=O) groups excluding carboxylic acids is 1. The molecule has 1 atom stereocenters. The SMILES string of the molecule is CCNC(=NCCc1cccc(C(=O)N(C)C)c1)NC1CCCN(c2ccccc2C#N)C1. The molecule has 174 valence electrons. The number of hydrogen-bond donors (Lipinski definition) is 2. The molecule has 1 aliphatic heterocycles. The molecule has 33 heavy (non-hydrogen) atoms. The Morgan fingerprint density at radius 1 is 1.24 bits per heavy atom. The lowest BCUT2D eigenvalue weighted by Crippen LogP contribution is -2.51. The van der Waals surface area contributed by atoms with Gasteiger partial charge in [0.05, 0.1) is 11.3 Å². The van der Waals surface area contributed by atoms with Crippen LogP contribution in [0.3, 0.4) is 0 Å². The molecular weight excluding hydrogens is 412 g/mol. The van der Waals surface area contributed by atoms with E-state index in [1.165, 1.54) is 0 Å². The summed E-state index contributed by atoms with van der Waals surface area (Å²) in [6, 6.07) is 18.1. The van der Waals surface area contributed by atoms with Crippen LogP contribution in [0.2, 0.25) is 0 Å². The van der Waals surface area contributed by atoms with E-state index in [0.29, 0.717) is 17.7 Å². The molecule has 2 aromatic rings. The predicted molar refractivity (Wildman–Crippen MR) is 134 cm³/mol. The number of anilines is 1. The zero-order chi connectivity index (χ0) is 23.6. The van der Waals surface area contributed by atoms with Crippen molar-refractivity contribution < 1.29 is 4.79 Å². The van der Waals surface area contributed by atoms with Crippen LogP contribution in [0.15, 0.2) is 53.5 Å². The average molecular weight is 447 g/mol. The van der Waals surface area contributed by atoms with Crippen LogP contribution in [0.1, 0.15) is 41.3 Å². The van der Waals surface area contributed by atoms with Crippen molar-refractivity contribution in [1.29, 1.82) is 5.26 Å². The van der Waals surface area contributed by atoms with Crippen molar-refractivity contribution in [3.63, 3.8) is 0 Å².